The van der Waals surface area contributed by atoms with E-state index in [-0.39, 0.29) is 11.8 Å². The molecule has 0 saturated heterocycles. The van der Waals surface area contributed by atoms with E-state index in [4.69, 9.17) is 5.73 Å². The second kappa shape index (κ2) is 4.45. The van der Waals surface area contributed by atoms with Crippen LogP contribution in [0.3, 0.4) is 0 Å². The molecule has 3 N–H and O–H groups in total. The van der Waals surface area contributed by atoms with Crippen molar-refractivity contribution < 1.29 is 4.79 Å². The standard InChI is InChI=1S/C12H15N3O/c1-8(16)2-4-10(13)9-3-5-11-12(6-9)15-7-14-11/h3,5-7,10H,2,4,13H2,1H3,(H,14,15). The summed E-state index contributed by atoms with van der Waals surface area (Å²) >= 11 is 0. The molecule has 0 saturated carbocycles. The molecular weight excluding hydrogens is 202 g/mol. The number of hydrogen-bond donors (Lipinski definition) is 2. The van der Waals surface area contributed by atoms with E-state index in [1.165, 1.54) is 0 Å². The Morgan fingerprint density at radius 3 is 3.12 bits per heavy atom. The Morgan fingerprint density at radius 1 is 1.56 bits per heavy atom. The highest BCUT2D eigenvalue weighted by molar-refractivity contribution is 5.76. The van der Waals surface area contributed by atoms with Crippen LogP contribution in [0.25, 0.3) is 11.0 Å². The van der Waals surface area contributed by atoms with Gasteiger partial charge in [-0.25, -0.2) is 4.98 Å². The number of carbonyl (C=O) groups excluding carboxylic acids is 1. The Balaban J connectivity index is 2.15. The van der Waals surface area contributed by atoms with Crippen LogP contribution in [0.5, 0.6) is 0 Å². The maximum absolute atomic E-state index is 10.9. The maximum atomic E-state index is 10.9. The van der Waals surface area contributed by atoms with Gasteiger partial charge in [-0.3, -0.25) is 0 Å². The maximum Gasteiger partial charge on any atom is 0.129 e. The van der Waals surface area contributed by atoms with Crippen molar-refractivity contribution in [3.63, 3.8) is 0 Å². The van der Waals surface area contributed by atoms with Crippen molar-refractivity contribution in [2.24, 2.45) is 5.73 Å². The first-order valence-corrected chi connectivity index (χ1v) is 5.35. The van der Waals surface area contributed by atoms with Gasteiger partial charge in [0.05, 0.1) is 17.4 Å². The van der Waals surface area contributed by atoms with Gasteiger partial charge in [0.15, 0.2) is 0 Å². The third-order valence-corrected chi connectivity index (χ3v) is 2.68. The lowest BCUT2D eigenvalue weighted by molar-refractivity contribution is -0.117. The molecule has 0 radical (unpaired) electrons. The van der Waals surface area contributed by atoms with Crippen LogP contribution in [0.2, 0.25) is 0 Å². The number of benzene rings is 1. The second-order valence-electron chi connectivity index (χ2n) is 4.03. The number of nitrogens with zero attached hydrogens (tertiary/aromatic N) is 1. The molecule has 4 nitrogen and oxygen atoms in total. The zero-order chi connectivity index (χ0) is 11.5. The topological polar surface area (TPSA) is 71.8 Å². The van der Waals surface area contributed by atoms with E-state index in [0.29, 0.717) is 12.8 Å². The number of imidazole rings is 1. The largest absolute Gasteiger partial charge is 0.345 e. The zero-order valence-electron chi connectivity index (χ0n) is 9.23. The highest BCUT2D eigenvalue weighted by Gasteiger charge is 2.08. The van der Waals surface area contributed by atoms with Crippen molar-refractivity contribution in [2.75, 3.05) is 0 Å². The fraction of sp³-hybridized carbons (Fsp3) is 0.333. The molecule has 1 unspecified atom stereocenters. The molecule has 2 aromatic rings. The van der Waals surface area contributed by atoms with Gasteiger partial charge >= 0.3 is 0 Å². The monoisotopic (exact) mass is 217 g/mol. The summed E-state index contributed by atoms with van der Waals surface area (Å²) < 4.78 is 0. The van der Waals surface area contributed by atoms with Crippen LogP contribution in [0, 0.1) is 0 Å². The third-order valence-electron chi connectivity index (χ3n) is 2.68. The van der Waals surface area contributed by atoms with Crippen molar-refractivity contribution in [1.29, 1.82) is 0 Å². The van der Waals surface area contributed by atoms with Gasteiger partial charge < -0.3 is 15.5 Å². The van der Waals surface area contributed by atoms with Crippen LogP contribution in [0.4, 0.5) is 0 Å². The van der Waals surface area contributed by atoms with E-state index in [1.54, 1.807) is 13.3 Å². The molecule has 84 valence electrons. The molecule has 1 aromatic heterocycles. The minimum atomic E-state index is -0.0865. The van der Waals surface area contributed by atoms with Gasteiger partial charge in [-0.2, -0.15) is 0 Å². The van der Waals surface area contributed by atoms with Crippen molar-refractivity contribution in [2.45, 2.75) is 25.8 Å². The quantitative estimate of drug-likeness (QED) is 0.822. The highest BCUT2D eigenvalue weighted by Crippen LogP contribution is 2.19. The normalized spacial score (nSPS) is 12.9. The second-order valence-corrected chi connectivity index (χ2v) is 4.03. The highest BCUT2D eigenvalue weighted by atomic mass is 16.1. The minimum absolute atomic E-state index is 0.0865. The van der Waals surface area contributed by atoms with Crippen molar-refractivity contribution in [3.8, 4) is 0 Å². The number of carbonyl (C=O) groups is 1. The van der Waals surface area contributed by atoms with Crippen LogP contribution in [0.15, 0.2) is 24.5 Å². The van der Waals surface area contributed by atoms with Gasteiger partial charge in [-0.1, -0.05) is 6.07 Å². The number of H-pyrrole nitrogens is 1. The molecule has 0 aliphatic rings. The first-order valence-electron chi connectivity index (χ1n) is 5.35. The van der Waals surface area contributed by atoms with Crippen LogP contribution < -0.4 is 5.73 Å². The Kier molecular flexibility index (Phi) is 3.01. The Morgan fingerprint density at radius 2 is 2.38 bits per heavy atom. The minimum Gasteiger partial charge on any atom is -0.345 e. The number of aromatic nitrogens is 2. The van der Waals surface area contributed by atoms with Gasteiger partial charge in [0.25, 0.3) is 0 Å². The van der Waals surface area contributed by atoms with E-state index in [9.17, 15) is 4.79 Å². The first-order chi connectivity index (χ1) is 7.66. The van der Waals surface area contributed by atoms with Crippen LogP contribution in [0.1, 0.15) is 31.4 Å². The average Bonchev–Trinajstić information content (AvgIpc) is 2.72. The lowest BCUT2D eigenvalue weighted by Gasteiger charge is -2.10. The van der Waals surface area contributed by atoms with Gasteiger partial charge in [-0.15, -0.1) is 0 Å². The predicted molar refractivity (Wildman–Crippen MR) is 62.9 cm³/mol. The number of nitrogens with one attached hydrogen (secondary N) is 1. The molecule has 1 heterocycles. The van der Waals surface area contributed by atoms with Gasteiger partial charge in [0, 0.05) is 12.5 Å². The SMILES string of the molecule is CC(=O)CCC(N)c1ccc2nc[nH]c2c1. The van der Waals surface area contributed by atoms with Crippen molar-refractivity contribution in [1.82, 2.24) is 9.97 Å². The molecule has 4 heteroatoms. The van der Waals surface area contributed by atoms with Gasteiger partial charge in [0.2, 0.25) is 0 Å². The molecule has 0 bridgehead atoms. The fourth-order valence-electron chi connectivity index (χ4n) is 1.71. The summed E-state index contributed by atoms with van der Waals surface area (Å²) in [5.74, 6) is 0.179. The molecule has 0 spiro atoms. The molecule has 0 aliphatic carbocycles. The lowest BCUT2D eigenvalue weighted by atomic mass is 10.0. The van der Waals surface area contributed by atoms with Crippen molar-refractivity contribution >= 4 is 16.8 Å². The number of hydrogen-bond acceptors (Lipinski definition) is 3. The summed E-state index contributed by atoms with van der Waals surface area (Å²) in [5, 5.41) is 0. The Labute approximate surface area is 93.9 Å². The molecular formula is C12H15N3O. The molecule has 1 aromatic carbocycles. The summed E-state index contributed by atoms with van der Waals surface area (Å²) in [5.41, 5.74) is 8.97. The van der Waals surface area contributed by atoms with E-state index in [0.717, 1.165) is 16.6 Å². The fourth-order valence-corrected chi connectivity index (χ4v) is 1.71. The van der Waals surface area contributed by atoms with Crippen LogP contribution in [-0.4, -0.2) is 15.8 Å². The number of rotatable bonds is 4. The molecule has 16 heavy (non-hydrogen) atoms. The Hall–Kier alpha value is -1.68. The summed E-state index contributed by atoms with van der Waals surface area (Å²) in [6.45, 7) is 1.59. The van der Waals surface area contributed by atoms with Gasteiger partial charge in [0.1, 0.15) is 5.78 Å². The molecule has 0 amide bonds. The Bertz CT molecular complexity index is 504. The van der Waals surface area contributed by atoms with E-state index < -0.39 is 0 Å². The van der Waals surface area contributed by atoms with E-state index in [1.807, 2.05) is 18.2 Å². The number of aromatic amines is 1. The van der Waals surface area contributed by atoms with Crippen molar-refractivity contribution in [3.05, 3.63) is 30.1 Å². The third kappa shape index (κ3) is 2.28. The smallest absolute Gasteiger partial charge is 0.129 e. The zero-order valence-corrected chi connectivity index (χ0v) is 9.23. The van der Waals surface area contributed by atoms with Crippen LogP contribution >= 0.6 is 0 Å². The number of nitrogens with two attached hydrogens (primary N) is 1. The van der Waals surface area contributed by atoms with E-state index in [2.05, 4.69) is 9.97 Å². The molecule has 0 fully saturated rings. The lowest BCUT2D eigenvalue weighted by Crippen LogP contribution is -2.11. The average molecular weight is 217 g/mol. The van der Waals surface area contributed by atoms with Gasteiger partial charge in [-0.05, 0) is 31.0 Å². The molecule has 1 atom stereocenters. The van der Waals surface area contributed by atoms with E-state index >= 15 is 0 Å². The first kappa shape index (κ1) is 10.8. The molecule has 2 rings (SSSR count). The summed E-state index contributed by atoms with van der Waals surface area (Å²) in [6.07, 6.45) is 2.88. The summed E-state index contributed by atoms with van der Waals surface area (Å²) in [6, 6.07) is 5.81. The summed E-state index contributed by atoms with van der Waals surface area (Å²) in [4.78, 5) is 18.1. The number of Topliss-reactive ketones (excluding diaryl/α,β-unsaturated/α-hetero) is 1. The molecule has 0 aliphatic heterocycles. The predicted octanol–water partition coefficient (Wildman–Crippen LogP) is 1.93. The number of fused-ring (bicyclic) bond motifs is 1. The number of ketones is 1. The summed E-state index contributed by atoms with van der Waals surface area (Å²) in [7, 11) is 0. The van der Waals surface area contributed by atoms with Crippen LogP contribution in [-0.2, 0) is 4.79 Å².